The lowest BCUT2D eigenvalue weighted by Gasteiger charge is -2.15. The van der Waals surface area contributed by atoms with Crippen molar-refractivity contribution in [2.45, 2.75) is 18.6 Å². The zero-order valence-electron chi connectivity index (χ0n) is 9.04. The van der Waals surface area contributed by atoms with Gasteiger partial charge in [-0.05, 0) is 12.0 Å². The molecule has 1 aromatic rings. The molecular weight excluding hydrogens is 204 g/mol. The Kier molecular flexibility index (Phi) is 5.58. The van der Waals surface area contributed by atoms with Gasteiger partial charge in [0.2, 0.25) is 0 Å². The molecule has 0 aliphatic heterocycles. The first-order valence-electron chi connectivity index (χ1n) is 5.19. The molecule has 2 N–H and O–H groups in total. The van der Waals surface area contributed by atoms with Crippen LogP contribution in [0.3, 0.4) is 0 Å². The first kappa shape index (κ1) is 12.7. The molecule has 0 aromatic heterocycles. The first-order chi connectivity index (χ1) is 7.77. The number of aliphatic hydroxyl groups is 2. The van der Waals surface area contributed by atoms with Crippen LogP contribution in [0.15, 0.2) is 30.3 Å². The minimum absolute atomic E-state index is 0.0589. The van der Waals surface area contributed by atoms with E-state index in [0.29, 0.717) is 6.42 Å². The van der Waals surface area contributed by atoms with Gasteiger partial charge in [-0.15, -0.1) is 6.42 Å². The lowest BCUT2D eigenvalue weighted by atomic mass is 10.1. The first-order valence-corrected chi connectivity index (χ1v) is 5.19. The standard InChI is InChI=1S/C13H16O3/c1-2-13(11-6-4-3-5-7-11)16-10-12(15)8-9-14/h1,3-7,12-15H,8-10H2/t12-,13-/m0/s1. The number of hydrogen-bond acceptors (Lipinski definition) is 3. The van der Waals surface area contributed by atoms with Crippen molar-refractivity contribution >= 4 is 0 Å². The quantitative estimate of drug-likeness (QED) is 0.706. The molecular formula is C13H16O3. The Labute approximate surface area is 95.7 Å². The zero-order chi connectivity index (χ0) is 11.8. The summed E-state index contributed by atoms with van der Waals surface area (Å²) in [5.74, 6) is 2.52. The molecule has 1 rings (SSSR count). The van der Waals surface area contributed by atoms with Crippen LogP contribution in [-0.4, -0.2) is 29.5 Å². The van der Waals surface area contributed by atoms with Crippen LogP contribution in [-0.2, 0) is 4.74 Å². The molecule has 0 saturated carbocycles. The molecule has 0 spiro atoms. The maximum atomic E-state index is 9.39. The summed E-state index contributed by atoms with van der Waals surface area (Å²) in [7, 11) is 0. The summed E-state index contributed by atoms with van der Waals surface area (Å²) in [4.78, 5) is 0. The van der Waals surface area contributed by atoms with E-state index in [0.717, 1.165) is 5.56 Å². The van der Waals surface area contributed by atoms with Crippen LogP contribution >= 0.6 is 0 Å². The molecule has 0 saturated heterocycles. The van der Waals surface area contributed by atoms with Gasteiger partial charge in [0.25, 0.3) is 0 Å². The normalized spacial score (nSPS) is 14.1. The highest BCUT2D eigenvalue weighted by Gasteiger charge is 2.11. The van der Waals surface area contributed by atoms with Crippen molar-refractivity contribution in [3.63, 3.8) is 0 Å². The highest BCUT2D eigenvalue weighted by atomic mass is 16.5. The van der Waals surface area contributed by atoms with Crippen molar-refractivity contribution in [3.05, 3.63) is 35.9 Å². The molecule has 0 aliphatic rings. The van der Waals surface area contributed by atoms with Crippen molar-refractivity contribution in [2.75, 3.05) is 13.2 Å². The second-order valence-corrected chi connectivity index (χ2v) is 3.46. The molecule has 1 aromatic carbocycles. The molecule has 3 nitrogen and oxygen atoms in total. The average Bonchev–Trinajstić information content (AvgIpc) is 2.31. The number of benzene rings is 1. The highest BCUT2D eigenvalue weighted by Crippen LogP contribution is 2.16. The highest BCUT2D eigenvalue weighted by molar-refractivity contribution is 5.23. The summed E-state index contributed by atoms with van der Waals surface area (Å²) in [6, 6.07) is 9.42. The summed E-state index contributed by atoms with van der Waals surface area (Å²) in [5, 5.41) is 18.0. The molecule has 0 radical (unpaired) electrons. The Balaban J connectivity index is 2.48. The summed E-state index contributed by atoms with van der Waals surface area (Å²) in [6.07, 6.45) is 4.53. The predicted octanol–water partition coefficient (Wildman–Crippen LogP) is 1.12. The van der Waals surface area contributed by atoms with Crippen LogP contribution in [0.4, 0.5) is 0 Å². The van der Waals surface area contributed by atoms with Crippen molar-refractivity contribution in [1.82, 2.24) is 0 Å². The van der Waals surface area contributed by atoms with Gasteiger partial charge in [-0.3, -0.25) is 0 Å². The molecule has 0 amide bonds. The third kappa shape index (κ3) is 4.03. The molecule has 0 fully saturated rings. The fraction of sp³-hybridized carbons (Fsp3) is 0.385. The molecule has 16 heavy (non-hydrogen) atoms. The van der Waals surface area contributed by atoms with Gasteiger partial charge < -0.3 is 14.9 Å². The van der Waals surface area contributed by atoms with Crippen molar-refractivity contribution in [1.29, 1.82) is 0 Å². The van der Waals surface area contributed by atoms with E-state index in [4.69, 9.17) is 16.3 Å². The topological polar surface area (TPSA) is 49.7 Å². The van der Waals surface area contributed by atoms with Crippen molar-refractivity contribution in [2.24, 2.45) is 0 Å². The van der Waals surface area contributed by atoms with Crippen LogP contribution in [0.25, 0.3) is 0 Å². The van der Waals surface area contributed by atoms with Gasteiger partial charge in [-0.1, -0.05) is 36.3 Å². The molecule has 86 valence electrons. The van der Waals surface area contributed by atoms with Gasteiger partial charge in [0.15, 0.2) is 0 Å². The van der Waals surface area contributed by atoms with E-state index in [1.807, 2.05) is 30.3 Å². The Morgan fingerprint density at radius 2 is 2.00 bits per heavy atom. The summed E-state index contributed by atoms with van der Waals surface area (Å²) in [6.45, 7) is 0.0703. The largest absolute Gasteiger partial charge is 0.396 e. The van der Waals surface area contributed by atoms with Crippen LogP contribution in [0, 0.1) is 12.3 Å². The van der Waals surface area contributed by atoms with Gasteiger partial charge in [0.05, 0.1) is 12.7 Å². The van der Waals surface area contributed by atoms with Gasteiger partial charge in [0, 0.05) is 6.61 Å². The molecule has 0 aliphatic carbocycles. The smallest absolute Gasteiger partial charge is 0.143 e. The molecule has 0 unspecified atom stereocenters. The number of hydrogen-bond donors (Lipinski definition) is 2. The maximum absolute atomic E-state index is 9.39. The van der Waals surface area contributed by atoms with E-state index in [1.54, 1.807) is 0 Å². The second-order valence-electron chi connectivity index (χ2n) is 3.46. The van der Waals surface area contributed by atoms with Crippen molar-refractivity contribution < 1.29 is 14.9 Å². The summed E-state index contributed by atoms with van der Waals surface area (Å²) in [5.41, 5.74) is 0.890. The molecule has 2 atom stereocenters. The monoisotopic (exact) mass is 220 g/mol. The third-order valence-corrected chi connectivity index (χ3v) is 2.17. The lowest BCUT2D eigenvalue weighted by Crippen LogP contribution is -2.18. The minimum Gasteiger partial charge on any atom is -0.396 e. The van der Waals surface area contributed by atoms with E-state index in [-0.39, 0.29) is 13.2 Å². The van der Waals surface area contributed by atoms with Crippen LogP contribution in [0.2, 0.25) is 0 Å². The number of rotatable bonds is 6. The fourth-order valence-corrected chi connectivity index (χ4v) is 1.31. The van der Waals surface area contributed by atoms with Crippen LogP contribution in [0.1, 0.15) is 18.1 Å². The van der Waals surface area contributed by atoms with E-state index in [2.05, 4.69) is 5.92 Å². The Morgan fingerprint density at radius 3 is 2.56 bits per heavy atom. The maximum Gasteiger partial charge on any atom is 0.143 e. The SMILES string of the molecule is C#C[C@H](OC[C@@H](O)CCO)c1ccccc1. The van der Waals surface area contributed by atoms with E-state index < -0.39 is 12.2 Å². The third-order valence-electron chi connectivity index (χ3n) is 2.17. The average molecular weight is 220 g/mol. The summed E-state index contributed by atoms with van der Waals surface area (Å²) >= 11 is 0. The van der Waals surface area contributed by atoms with E-state index in [9.17, 15) is 5.11 Å². The zero-order valence-corrected chi connectivity index (χ0v) is 9.04. The fourth-order valence-electron chi connectivity index (χ4n) is 1.31. The minimum atomic E-state index is -0.676. The Hall–Kier alpha value is -1.34. The van der Waals surface area contributed by atoms with Gasteiger partial charge in [-0.25, -0.2) is 0 Å². The van der Waals surface area contributed by atoms with E-state index in [1.165, 1.54) is 0 Å². The molecule has 0 heterocycles. The van der Waals surface area contributed by atoms with Gasteiger partial charge >= 0.3 is 0 Å². The van der Waals surface area contributed by atoms with Crippen LogP contribution in [0.5, 0.6) is 0 Å². The second kappa shape index (κ2) is 7.02. The summed E-state index contributed by atoms with van der Waals surface area (Å²) < 4.78 is 5.39. The Bertz CT molecular complexity index is 329. The van der Waals surface area contributed by atoms with Gasteiger partial charge in [-0.2, -0.15) is 0 Å². The number of terminal acetylenes is 1. The lowest BCUT2D eigenvalue weighted by molar-refractivity contribution is 0.00282. The molecule has 0 bridgehead atoms. The number of aliphatic hydroxyl groups excluding tert-OH is 2. The van der Waals surface area contributed by atoms with E-state index >= 15 is 0 Å². The van der Waals surface area contributed by atoms with Gasteiger partial charge in [0.1, 0.15) is 6.10 Å². The predicted molar refractivity (Wildman–Crippen MR) is 61.7 cm³/mol. The number of ether oxygens (including phenoxy) is 1. The van der Waals surface area contributed by atoms with Crippen molar-refractivity contribution in [3.8, 4) is 12.3 Å². The van der Waals surface area contributed by atoms with Crippen LogP contribution < -0.4 is 0 Å². The Morgan fingerprint density at radius 1 is 1.31 bits per heavy atom. The molecule has 3 heteroatoms.